The first-order valence-corrected chi connectivity index (χ1v) is 6.78. The van der Waals surface area contributed by atoms with E-state index in [1.165, 1.54) is 0 Å². The average Bonchev–Trinajstić information content (AvgIpc) is 2.94. The monoisotopic (exact) mass is 282 g/mol. The fraction of sp³-hybridized carbons (Fsp3) is 0. The van der Waals surface area contributed by atoms with Gasteiger partial charge in [-0.05, 0) is 12.1 Å². The summed E-state index contributed by atoms with van der Waals surface area (Å²) in [5.41, 5.74) is 1.97. The molecule has 0 atom stereocenters. The van der Waals surface area contributed by atoms with Crippen LogP contribution in [0.15, 0.2) is 54.7 Å². The SMILES string of the molecule is O=C(O)c1sc(-c2ccccn2)nc1-c1ccccc1. The van der Waals surface area contributed by atoms with E-state index in [0.717, 1.165) is 16.9 Å². The highest BCUT2D eigenvalue weighted by Crippen LogP contribution is 2.32. The Morgan fingerprint density at radius 3 is 2.45 bits per heavy atom. The molecule has 0 unspecified atom stereocenters. The zero-order chi connectivity index (χ0) is 13.9. The molecule has 0 radical (unpaired) electrons. The molecule has 0 saturated heterocycles. The van der Waals surface area contributed by atoms with Gasteiger partial charge in [0.1, 0.15) is 9.88 Å². The van der Waals surface area contributed by atoms with Crippen LogP contribution >= 0.6 is 11.3 Å². The van der Waals surface area contributed by atoms with Crippen molar-refractivity contribution in [3.05, 3.63) is 59.6 Å². The van der Waals surface area contributed by atoms with Crippen LogP contribution in [0.4, 0.5) is 0 Å². The summed E-state index contributed by atoms with van der Waals surface area (Å²) < 4.78 is 0. The van der Waals surface area contributed by atoms with Crippen LogP contribution in [0.3, 0.4) is 0 Å². The predicted molar refractivity (Wildman–Crippen MR) is 77.7 cm³/mol. The number of thiazole rings is 1. The van der Waals surface area contributed by atoms with E-state index in [0.29, 0.717) is 16.4 Å². The van der Waals surface area contributed by atoms with Gasteiger partial charge in [0.25, 0.3) is 0 Å². The minimum absolute atomic E-state index is 0.233. The minimum atomic E-state index is -0.969. The van der Waals surface area contributed by atoms with Crippen molar-refractivity contribution < 1.29 is 9.90 Å². The average molecular weight is 282 g/mol. The van der Waals surface area contributed by atoms with Gasteiger partial charge >= 0.3 is 5.97 Å². The number of carboxylic acid groups (broad SMARTS) is 1. The molecule has 20 heavy (non-hydrogen) atoms. The maximum absolute atomic E-state index is 11.4. The van der Waals surface area contributed by atoms with Gasteiger partial charge in [0, 0.05) is 11.8 Å². The van der Waals surface area contributed by atoms with E-state index in [2.05, 4.69) is 9.97 Å². The molecular formula is C15H10N2O2S. The lowest BCUT2D eigenvalue weighted by atomic mass is 10.1. The Morgan fingerprint density at radius 1 is 1.05 bits per heavy atom. The summed E-state index contributed by atoms with van der Waals surface area (Å²) >= 11 is 1.14. The van der Waals surface area contributed by atoms with E-state index in [1.54, 1.807) is 6.20 Å². The van der Waals surface area contributed by atoms with Gasteiger partial charge in [0.05, 0.1) is 11.4 Å². The Bertz CT molecular complexity index is 739. The molecule has 1 aromatic carbocycles. The third-order valence-corrected chi connectivity index (χ3v) is 3.82. The van der Waals surface area contributed by atoms with Gasteiger partial charge in [0.2, 0.25) is 0 Å². The third kappa shape index (κ3) is 2.31. The highest BCUT2D eigenvalue weighted by molar-refractivity contribution is 7.17. The van der Waals surface area contributed by atoms with Crippen LogP contribution in [-0.4, -0.2) is 21.0 Å². The number of rotatable bonds is 3. The lowest BCUT2D eigenvalue weighted by Gasteiger charge is -1.97. The lowest BCUT2D eigenvalue weighted by molar-refractivity contribution is 0.0702. The molecule has 0 aliphatic carbocycles. The van der Waals surface area contributed by atoms with Crippen LogP contribution in [0, 0.1) is 0 Å². The third-order valence-electron chi connectivity index (χ3n) is 2.75. The Labute approximate surface area is 119 Å². The normalized spacial score (nSPS) is 10.4. The van der Waals surface area contributed by atoms with Gasteiger partial charge in [0.15, 0.2) is 0 Å². The first-order chi connectivity index (χ1) is 9.75. The number of hydrogen-bond acceptors (Lipinski definition) is 4. The Balaban J connectivity index is 2.15. The summed E-state index contributed by atoms with van der Waals surface area (Å²) in [6.07, 6.45) is 1.67. The van der Waals surface area contributed by atoms with Crippen LogP contribution in [0.2, 0.25) is 0 Å². The molecule has 0 amide bonds. The van der Waals surface area contributed by atoms with Gasteiger partial charge in [-0.3, -0.25) is 4.98 Å². The molecule has 3 rings (SSSR count). The molecule has 4 nitrogen and oxygen atoms in total. The first kappa shape index (κ1) is 12.5. The Kier molecular flexibility index (Phi) is 3.26. The topological polar surface area (TPSA) is 63.1 Å². The number of aromatic carboxylic acids is 1. The van der Waals surface area contributed by atoms with Gasteiger partial charge in [-0.1, -0.05) is 36.4 Å². The molecule has 2 aromatic heterocycles. The molecule has 5 heteroatoms. The molecule has 0 spiro atoms. The largest absolute Gasteiger partial charge is 0.477 e. The molecule has 1 N–H and O–H groups in total. The number of carbonyl (C=O) groups is 1. The molecule has 2 heterocycles. The molecule has 0 aliphatic rings. The minimum Gasteiger partial charge on any atom is -0.477 e. The van der Waals surface area contributed by atoms with Gasteiger partial charge in [-0.15, -0.1) is 11.3 Å². The molecule has 98 valence electrons. The maximum atomic E-state index is 11.4. The van der Waals surface area contributed by atoms with E-state index < -0.39 is 5.97 Å². The quantitative estimate of drug-likeness (QED) is 0.797. The van der Waals surface area contributed by atoms with E-state index >= 15 is 0 Å². The predicted octanol–water partition coefficient (Wildman–Crippen LogP) is 3.57. The lowest BCUT2D eigenvalue weighted by Crippen LogP contribution is -1.95. The number of nitrogens with zero attached hydrogens (tertiary/aromatic N) is 2. The van der Waals surface area contributed by atoms with Crippen molar-refractivity contribution >= 4 is 17.3 Å². The van der Waals surface area contributed by atoms with Crippen molar-refractivity contribution in [2.45, 2.75) is 0 Å². The van der Waals surface area contributed by atoms with Crippen LogP contribution in [-0.2, 0) is 0 Å². The highest BCUT2D eigenvalue weighted by Gasteiger charge is 2.19. The summed E-state index contributed by atoms with van der Waals surface area (Å²) in [5.74, 6) is -0.969. The van der Waals surface area contributed by atoms with Crippen LogP contribution in [0.25, 0.3) is 22.0 Å². The second-order valence-electron chi connectivity index (χ2n) is 4.08. The molecule has 0 aliphatic heterocycles. The number of pyridine rings is 1. The fourth-order valence-corrected chi connectivity index (χ4v) is 2.76. The van der Waals surface area contributed by atoms with Crippen molar-refractivity contribution in [2.75, 3.05) is 0 Å². The van der Waals surface area contributed by atoms with E-state index in [-0.39, 0.29) is 4.88 Å². The van der Waals surface area contributed by atoms with Gasteiger partial charge in [-0.2, -0.15) is 0 Å². The van der Waals surface area contributed by atoms with E-state index in [1.807, 2.05) is 48.5 Å². The number of carboxylic acids is 1. The summed E-state index contributed by atoms with van der Waals surface area (Å²) in [7, 11) is 0. The van der Waals surface area contributed by atoms with Crippen molar-refractivity contribution in [3.8, 4) is 22.0 Å². The van der Waals surface area contributed by atoms with Crippen LogP contribution in [0.5, 0.6) is 0 Å². The fourth-order valence-electron chi connectivity index (χ4n) is 1.86. The van der Waals surface area contributed by atoms with Gasteiger partial charge in [-0.25, -0.2) is 9.78 Å². The van der Waals surface area contributed by atoms with E-state index in [9.17, 15) is 9.90 Å². The Hall–Kier alpha value is -2.53. The van der Waals surface area contributed by atoms with Crippen molar-refractivity contribution in [3.63, 3.8) is 0 Å². The van der Waals surface area contributed by atoms with E-state index in [4.69, 9.17) is 0 Å². The van der Waals surface area contributed by atoms with Crippen LogP contribution in [0.1, 0.15) is 9.67 Å². The first-order valence-electron chi connectivity index (χ1n) is 5.96. The molecular weight excluding hydrogens is 272 g/mol. The zero-order valence-corrected chi connectivity index (χ0v) is 11.2. The molecule has 0 saturated carbocycles. The van der Waals surface area contributed by atoms with Crippen LogP contribution < -0.4 is 0 Å². The number of benzene rings is 1. The van der Waals surface area contributed by atoms with Gasteiger partial charge < -0.3 is 5.11 Å². The molecule has 0 bridgehead atoms. The number of hydrogen-bond donors (Lipinski definition) is 1. The smallest absolute Gasteiger partial charge is 0.348 e. The summed E-state index contributed by atoms with van der Waals surface area (Å²) in [6.45, 7) is 0. The van der Waals surface area contributed by atoms with Crippen molar-refractivity contribution in [1.29, 1.82) is 0 Å². The Morgan fingerprint density at radius 2 is 1.80 bits per heavy atom. The van der Waals surface area contributed by atoms with Crippen molar-refractivity contribution in [2.24, 2.45) is 0 Å². The summed E-state index contributed by atoms with van der Waals surface area (Å²) in [4.78, 5) is 20.3. The standard InChI is InChI=1S/C15H10N2O2S/c18-15(19)13-12(10-6-2-1-3-7-10)17-14(20-13)11-8-4-5-9-16-11/h1-9H,(H,18,19). The summed E-state index contributed by atoms with van der Waals surface area (Å²) in [5, 5.41) is 9.95. The van der Waals surface area contributed by atoms with Crippen molar-refractivity contribution in [1.82, 2.24) is 9.97 Å². The second kappa shape index (κ2) is 5.22. The highest BCUT2D eigenvalue weighted by atomic mass is 32.1. The second-order valence-corrected chi connectivity index (χ2v) is 5.08. The molecule has 3 aromatic rings. The summed E-state index contributed by atoms with van der Waals surface area (Å²) in [6, 6.07) is 14.8. The molecule has 0 fully saturated rings. The number of aromatic nitrogens is 2. The zero-order valence-electron chi connectivity index (χ0n) is 10.4. The maximum Gasteiger partial charge on any atom is 0.348 e.